The van der Waals surface area contributed by atoms with Crippen molar-refractivity contribution in [3.05, 3.63) is 136 Å². The average Bonchev–Trinajstić information content (AvgIpc) is 3.61. The zero-order valence-corrected chi connectivity index (χ0v) is 42.9. The van der Waals surface area contributed by atoms with Gasteiger partial charge in [-0.1, -0.05) is 139 Å². The van der Waals surface area contributed by atoms with Crippen molar-refractivity contribution in [2.75, 3.05) is 9.80 Å². The molecule has 2 aliphatic heterocycles. The Kier molecular flexibility index (Phi) is 9.00. The highest BCUT2D eigenvalue weighted by atomic mass is 16.3. The lowest BCUT2D eigenvalue weighted by Gasteiger charge is -2.48. The van der Waals surface area contributed by atoms with Crippen LogP contribution in [0.5, 0.6) is 0 Å². The van der Waals surface area contributed by atoms with Crippen LogP contribution in [0.15, 0.2) is 95.4 Å². The Labute approximate surface area is 396 Å². The lowest BCUT2D eigenvalue weighted by Crippen LogP contribution is -2.62. The molecule has 0 saturated carbocycles. The first-order valence-electron chi connectivity index (χ1n) is 25.0. The second kappa shape index (κ2) is 13.7. The summed E-state index contributed by atoms with van der Waals surface area (Å²) in [6, 6.07) is 36.4. The van der Waals surface area contributed by atoms with Gasteiger partial charge >= 0.3 is 0 Å². The minimum atomic E-state index is -0.122. The molecule has 66 heavy (non-hydrogen) atoms. The van der Waals surface area contributed by atoms with E-state index in [2.05, 4.69) is 212 Å². The van der Waals surface area contributed by atoms with Gasteiger partial charge in [0, 0.05) is 33.8 Å². The van der Waals surface area contributed by atoms with E-state index < -0.39 is 0 Å². The first-order valence-corrected chi connectivity index (χ1v) is 25.0. The third kappa shape index (κ3) is 6.21. The maximum atomic E-state index is 7.11. The predicted molar refractivity (Wildman–Crippen MR) is 285 cm³/mol. The van der Waals surface area contributed by atoms with Crippen LogP contribution in [0.2, 0.25) is 0 Å². The van der Waals surface area contributed by atoms with Crippen molar-refractivity contribution in [3.63, 3.8) is 0 Å². The third-order valence-electron chi connectivity index (χ3n) is 17.1. The summed E-state index contributed by atoms with van der Waals surface area (Å²) in [6.45, 7) is 38.4. The van der Waals surface area contributed by atoms with Crippen LogP contribution >= 0.6 is 0 Å². The maximum absolute atomic E-state index is 7.11. The molecule has 0 fully saturated rings. The molecule has 0 saturated heterocycles. The molecule has 3 nitrogen and oxygen atoms in total. The van der Waals surface area contributed by atoms with Gasteiger partial charge in [-0.15, -0.1) is 0 Å². The summed E-state index contributed by atoms with van der Waals surface area (Å²) >= 11 is 0. The minimum absolute atomic E-state index is 0.00631. The Balaban J connectivity index is 1.32. The van der Waals surface area contributed by atoms with Gasteiger partial charge in [0.05, 0.1) is 11.1 Å². The lowest BCUT2D eigenvalue weighted by molar-refractivity contribution is 0.332. The topological polar surface area (TPSA) is 19.6 Å². The molecule has 0 amide bonds. The van der Waals surface area contributed by atoms with Crippen molar-refractivity contribution in [1.29, 1.82) is 0 Å². The smallest absolute Gasteiger partial charge is 0.252 e. The van der Waals surface area contributed by atoms with Crippen molar-refractivity contribution in [2.24, 2.45) is 0 Å². The Bertz CT molecular complexity index is 3210. The largest absolute Gasteiger partial charge is 0.456 e. The highest BCUT2D eigenvalue weighted by Crippen LogP contribution is 2.54. The zero-order chi connectivity index (χ0) is 47.0. The second-order valence-corrected chi connectivity index (χ2v) is 25.7. The summed E-state index contributed by atoms with van der Waals surface area (Å²) in [5.74, 6) is 0. The summed E-state index contributed by atoms with van der Waals surface area (Å²) in [6.07, 6.45) is 4.67. The quantitative estimate of drug-likeness (QED) is 0.161. The van der Waals surface area contributed by atoms with Gasteiger partial charge in [-0.05, 0) is 181 Å². The molecule has 0 radical (unpaired) electrons. The standard InChI is InChI=1S/C62H71BN2O/c1-36-19-17-18-20-47(36)65-51-31-39(58(6,7)8)30-50-55(51)63(45-22-24-52-54(56(45)65)40-32-41-44(35-53(40)66-52)62(15,16)28-25-59(41,9)10)46-33-42-43(61(13,14)27-26-60(42,11)12)34-49(46)64(50)48-23-21-38(29-37(48)2)57(3,4)5/h17-24,29-35H,25-28H2,1-16H3. The summed E-state index contributed by atoms with van der Waals surface area (Å²) < 4.78 is 7.11. The molecule has 11 rings (SSSR count). The predicted octanol–water partition coefficient (Wildman–Crippen LogP) is 15.6. The Hall–Kier alpha value is -5.22. The second-order valence-electron chi connectivity index (χ2n) is 25.7. The van der Waals surface area contributed by atoms with E-state index in [1.165, 1.54) is 131 Å². The van der Waals surface area contributed by atoms with E-state index >= 15 is 0 Å². The SMILES string of the molecule is Cc1cc(C(C)(C)C)ccc1N1c2cc3c(cc2B2c4ccc5oc6cc7c(cc6c5c4N(c4ccccc4C)c4cc(C(C)(C)C)cc1c42)C(C)(C)CCC7(C)C)C(C)(C)CCC3(C)C. The van der Waals surface area contributed by atoms with Crippen molar-refractivity contribution in [3.8, 4) is 0 Å². The van der Waals surface area contributed by atoms with Crippen LogP contribution in [0.4, 0.5) is 34.1 Å². The van der Waals surface area contributed by atoms with Crippen LogP contribution in [0.3, 0.4) is 0 Å². The van der Waals surface area contributed by atoms with Gasteiger partial charge in [0.1, 0.15) is 11.2 Å². The molecule has 6 aromatic carbocycles. The molecule has 4 aliphatic rings. The van der Waals surface area contributed by atoms with Crippen LogP contribution < -0.4 is 26.2 Å². The molecular weight excluding hydrogens is 800 g/mol. The summed E-state index contributed by atoms with van der Waals surface area (Å²) in [5, 5.41) is 2.44. The van der Waals surface area contributed by atoms with Gasteiger partial charge in [-0.25, -0.2) is 0 Å². The van der Waals surface area contributed by atoms with Gasteiger partial charge in [0.2, 0.25) is 0 Å². The number of para-hydroxylation sites is 1. The van der Waals surface area contributed by atoms with Crippen LogP contribution in [0.25, 0.3) is 21.9 Å². The van der Waals surface area contributed by atoms with Gasteiger partial charge < -0.3 is 14.2 Å². The van der Waals surface area contributed by atoms with E-state index in [4.69, 9.17) is 4.42 Å². The molecule has 0 spiro atoms. The van der Waals surface area contributed by atoms with E-state index in [0.29, 0.717) is 0 Å². The number of furan rings is 1. The molecule has 338 valence electrons. The summed E-state index contributed by atoms with van der Waals surface area (Å²) in [5.41, 5.74) is 24.9. The number of benzene rings is 6. The number of aryl methyl sites for hydroxylation is 2. The van der Waals surface area contributed by atoms with E-state index in [-0.39, 0.29) is 39.2 Å². The molecule has 1 aromatic heterocycles. The van der Waals surface area contributed by atoms with Crippen LogP contribution in [0, 0.1) is 13.8 Å². The number of rotatable bonds is 2. The molecular formula is C62H71BN2O. The maximum Gasteiger partial charge on any atom is 0.252 e. The normalized spacial score (nSPS) is 18.8. The number of anilines is 6. The third-order valence-corrected chi connectivity index (χ3v) is 17.1. The summed E-state index contributed by atoms with van der Waals surface area (Å²) in [4.78, 5) is 5.34. The van der Waals surface area contributed by atoms with Crippen molar-refractivity contribution < 1.29 is 4.42 Å². The van der Waals surface area contributed by atoms with E-state index in [1.807, 2.05) is 0 Å². The Morgan fingerprint density at radius 1 is 0.470 bits per heavy atom. The fourth-order valence-electron chi connectivity index (χ4n) is 12.6. The molecule has 0 bridgehead atoms. The van der Waals surface area contributed by atoms with Crippen molar-refractivity contribution in [1.82, 2.24) is 0 Å². The van der Waals surface area contributed by atoms with Gasteiger partial charge in [0.25, 0.3) is 6.71 Å². The number of hydrogen-bond acceptors (Lipinski definition) is 3. The summed E-state index contributed by atoms with van der Waals surface area (Å²) in [7, 11) is 0. The Morgan fingerprint density at radius 2 is 1.02 bits per heavy atom. The monoisotopic (exact) mass is 871 g/mol. The fraction of sp³-hybridized carbons (Fsp3) is 0.419. The van der Waals surface area contributed by atoms with Crippen LogP contribution in [-0.2, 0) is 32.5 Å². The molecule has 2 aliphatic carbocycles. The van der Waals surface area contributed by atoms with Gasteiger partial charge in [-0.2, -0.15) is 0 Å². The molecule has 0 atom stereocenters. The lowest BCUT2D eigenvalue weighted by atomic mass is 9.33. The molecule has 0 N–H and O–H groups in total. The average molecular weight is 871 g/mol. The molecule has 0 unspecified atom stereocenters. The van der Waals surface area contributed by atoms with Gasteiger partial charge in [-0.3, -0.25) is 0 Å². The van der Waals surface area contributed by atoms with E-state index in [0.717, 1.165) is 11.2 Å². The minimum Gasteiger partial charge on any atom is -0.456 e. The first kappa shape index (κ1) is 43.4. The van der Waals surface area contributed by atoms with Crippen LogP contribution in [0.1, 0.15) is 167 Å². The number of fused-ring (bicyclic) bond motifs is 10. The first-order chi connectivity index (χ1) is 30.8. The number of hydrogen-bond donors (Lipinski definition) is 0. The van der Waals surface area contributed by atoms with Crippen molar-refractivity contribution >= 4 is 79.2 Å². The molecule has 4 heteroatoms. The number of nitrogens with zero attached hydrogens (tertiary/aromatic N) is 2. The Morgan fingerprint density at radius 3 is 1.61 bits per heavy atom. The molecule has 7 aromatic rings. The zero-order valence-electron chi connectivity index (χ0n) is 42.9. The fourth-order valence-corrected chi connectivity index (χ4v) is 12.6. The van der Waals surface area contributed by atoms with Crippen LogP contribution in [-0.4, -0.2) is 6.71 Å². The van der Waals surface area contributed by atoms with E-state index in [9.17, 15) is 0 Å². The highest BCUT2D eigenvalue weighted by Gasteiger charge is 2.48. The molecule has 3 heterocycles. The highest BCUT2D eigenvalue weighted by molar-refractivity contribution is 7.00. The van der Waals surface area contributed by atoms with Gasteiger partial charge in [0.15, 0.2) is 0 Å². The van der Waals surface area contributed by atoms with E-state index in [1.54, 1.807) is 0 Å². The van der Waals surface area contributed by atoms with Crippen molar-refractivity contribution in [2.45, 2.75) is 169 Å².